The molecular formula is C21H24N4O. The smallest absolute Gasteiger partial charge is 0.315 e. The Hall–Kier alpha value is -3.08. The van der Waals surface area contributed by atoms with Gasteiger partial charge in [0.25, 0.3) is 0 Å². The van der Waals surface area contributed by atoms with Crippen LogP contribution in [0.5, 0.6) is 0 Å². The first-order chi connectivity index (χ1) is 12.7. The Bertz CT molecular complexity index is 815. The van der Waals surface area contributed by atoms with Crippen molar-refractivity contribution in [1.29, 1.82) is 0 Å². The van der Waals surface area contributed by atoms with Crippen LogP contribution in [0.15, 0.2) is 73.1 Å². The number of hydrogen-bond acceptors (Lipinski definition) is 2. The predicted molar refractivity (Wildman–Crippen MR) is 103 cm³/mol. The molecule has 2 amide bonds. The van der Waals surface area contributed by atoms with Crippen LogP contribution in [0.25, 0.3) is 5.69 Å². The highest BCUT2D eigenvalue weighted by molar-refractivity contribution is 5.73. The lowest BCUT2D eigenvalue weighted by Gasteiger charge is -2.13. The van der Waals surface area contributed by atoms with E-state index in [2.05, 4.69) is 34.8 Å². The van der Waals surface area contributed by atoms with Crippen molar-refractivity contribution < 1.29 is 4.79 Å². The number of hydrogen-bond donors (Lipinski definition) is 2. The van der Waals surface area contributed by atoms with Gasteiger partial charge < -0.3 is 10.6 Å². The minimum Gasteiger partial charge on any atom is -0.338 e. The third-order valence-corrected chi connectivity index (χ3v) is 4.36. The number of benzene rings is 2. The largest absolute Gasteiger partial charge is 0.338 e. The van der Waals surface area contributed by atoms with E-state index in [1.54, 1.807) is 10.9 Å². The first kappa shape index (κ1) is 17.7. The van der Waals surface area contributed by atoms with E-state index in [9.17, 15) is 4.79 Å². The maximum absolute atomic E-state index is 12.0. The van der Waals surface area contributed by atoms with Gasteiger partial charge in [-0.15, -0.1) is 0 Å². The molecule has 5 heteroatoms. The Balaban J connectivity index is 1.42. The number of rotatable bonds is 7. The van der Waals surface area contributed by atoms with Gasteiger partial charge in [0.05, 0.1) is 5.69 Å². The lowest BCUT2D eigenvalue weighted by Crippen LogP contribution is -2.35. The Labute approximate surface area is 154 Å². The van der Waals surface area contributed by atoms with Crippen molar-refractivity contribution in [3.8, 4) is 5.69 Å². The summed E-state index contributed by atoms with van der Waals surface area (Å²) < 4.78 is 1.80. The first-order valence-electron chi connectivity index (χ1n) is 8.88. The SMILES string of the molecule is CC(CCNC(=O)NCc1cccc(-n2cccn2)c1)c1ccccc1. The highest BCUT2D eigenvalue weighted by atomic mass is 16.2. The fourth-order valence-electron chi connectivity index (χ4n) is 2.83. The van der Waals surface area contributed by atoms with Crippen LogP contribution in [-0.2, 0) is 6.54 Å². The highest BCUT2D eigenvalue weighted by Crippen LogP contribution is 2.17. The van der Waals surface area contributed by atoms with Crippen molar-refractivity contribution in [2.24, 2.45) is 0 Å². The quantitative estimate of drug-likeness (QED) is 0.681. The summed E-state index contributed by atoms with van der Waals surface area (Å²) in [6.07, 6.45) is 4.55. The zero-order valence-electron chi connectivity index (χ0n) is 14.9. The molecule has 0 radical (unpaired) electrons. The van der Waals surface area contributed by atoms with Gasteiger partial charge >= 0.3 is 6.03 Å². The van der Waals surface area contributed by atoms with Gasteiger partial charge in [-0.1, -0.05) is 49.4 Å². The molecule has 0 spiro atoms. The number of amides is 2. The third kappa shape index (κ3) is 4.96. The van der Waals surface area contributed by atoms with Gasteiger partial charge in [0.2, 0.25) is 0 Å². The zero-order chi connectivity index (χ0) is 18.2. The molecule has 3 rings (SSSR count). The number of nitrogens with zero attached hydrogens (tertiary/aromatic N) is 2. The fourth-order valence-corrected chi connectivity index (χ4v) is 2.83. The molecule has 0 aliphatic rings. The van der Waals surface area contributed by atoms with Crippen LogP contribution < -0.4 is 10.6 Å². The molecule has 0 bridgehead atoms. The van der Waals surface area contributed by atoms with Crippen molar-refractivity contribution in [3.05, 3.63) is 84.2 Å². The van der Waals surface area contributed by atoms with Crippen LogP contribution in [0.3, 0.4) is 0 Å². The van der Waals surface area contributed by atoms with Crippen LogP contribution in [0.1, 0.15) is 30.4 Å². The van der Waals surface area contributed by atoms with Gasteiger partial charge in [-0.2, -0.15) is 5.10 Å². The molecular weight excluding hydrogens is 324 g/mol. The van der Waals surface area contributed by atoms with E-state index in [-0.39, 0.29) is 6.03 Å². The Morgan fingerprint density at radius 3 is 2.69 bits per heavy atom. The molecule has 2 N–H and O–H groups in total. The standard InChI is InChI=1S/C21H24N4O/c1-17(19-8-3-2-4-9-19)11-13-22-21(26)23-16-18-7-5-10-20(15-18)25-14-6-12-24-25/h2-10,12,14-15,17H,11,13,16H2,1H3,(H2,22,23,26). The lowest BCUT2D eigenvalue weighted by atomic mass is 9.98. The number of urea groups is 1. The van der Waals surface area contributed by atoms with E-state index in [1.165, 1.54) is 5.56 Å². The Morgan fingerprint density at radius 1 is 1.08 bits per heavy atom. The first-order valence-corrected chi connectivity index (χ1v) is 8.88. The molecule has 1 heterocycles. The van der Waals surface area contributed by atoms with Crippen LogP contribution in [0, 0.1) is 0 Å². The van der Waals surface area contributed by atoms with Crippen LogP contribution in [0.2, 0.25) is 0 Å². The minimum atomic E-state index is -0.144. The Morgan fingerprint density at radius 2 is 1.92 bits per heavy atom. The summed E-state index contributed by atoms with van der Waals surface area (Å²) in [5, 5.41) is 10.1. The van der Waals surface area contributed by atoms with Gasteiger partial charge in [0.1, 0.15) is 0 Å². The second-order valence-corrected chi connectivity index (χ2v) is 6.33. The average Bonchev–Trinajstić information content (AvgIpc) is 3.22. The summed E-state index contributed by atoms with van der Waals surface area (Å²) in [7, 11) is 0. The van der Waals surface area contributed by atoms with E-state index in [4.69, 9.17) is 0 Å². The van der Waals surface area contributed by atoms with Crippen molar-refractivity contribution in [2.45, 2.75) is 25.8 Å². The van der Waals surface area contributed by atoms with Crippen LogP contribution in [0.4, 0.5) is 4.79 Å². The molecule has 1 aromatic heterocycles. The third-order valence-electron chi connectivity index (χ3n) is 4.36. The normalized spacial score (nSPS) is 11.7. The van der Waals surface area contributed by atoms with E-state index in [0.717, 1.165) is 17.7 Å². The number of carbonyl (C=O) groups excluding carboxylic acids is 1. The van der Waals surface area contributed by atoms with E-state index in [0.29, 0.717) is 19.0 Å². The van der Waals surface area contributed by atoms with Crippen molar-refractivity contribution in [1.82, 2.24) is 20.4 Å². The molecule has 0 saturated carbocycles. The second kappa shape index (κ2) is 8.85. The monoisotopic (exact) mass is 348 g/mol. The Kier molecular flexibility index (Phi) is 6.04. The molecule has 26 heavy (non-hydrogen) atoms. The molecule has 2 aromatic carbocycles. The maximum Gasteiger partial charge on any atom is 0.315 e. The van der Waals surface area contributed by atoms with Gasteiger partial charge in [0.15, 0.2) is 0 Å². The minimum absolute atomic E-state index is 0.144. The molecule has 1 unspecified atom stereocenters. The summed E-state index contributed by atoms with van der Waals surface area (Å²) in [6.45, 7) is 3.31. The number of aromatic nitrogens is 2. The molecule has 0 aliphatic heterocycles. The zero-order valence-corrected chi connectivity index (χ0v) is 14.9. The van der Waals surface area contributed by atoms with Crippen molar-refractivity contribution >= 4 is 6.03 Å². The number of carbonyl (C=O) groups is 1. The molecule has 3 aromatic rings. The molecule has 5 nitrogen and oxygen atoms in total. The van der Waals surface area contributed by atoms with Gasteiger partial charge in [0, 0.05) is 25.5 Å². The van der Waals surface area contributed by atoms with E-state index >= 15 is 0 Å². The number of nitrogens with one attached hydrogen (secondary N) is 2. The summed E-state index contributed by atoms with van der Waals surface area (Å²) in [4.78, 5) is 12.0. The van der Waals surface area contributed by atoms with Crippen LogP contribution in [-0.4, -0.2) is 22.4 Å². The second-order valence-electron chi connectivity index (χ2n) is 6.33. The molecule has 0 aliphatic carbocycles. The van der Waals surface area contributed by atoms with E-state index < -0.39 is 0 Å². The fraction of sp³-hybridized carbons (Fsp3) is 0.238. The average molecular weight is 348 g/mol. The van der Waals surface area contributed by atoms with Crippen molar-refractivity contribution in [3.63, 3.8) is 0 Å². The van der Waals surface area contributed by atoms with Gasteiger partial charge in [-0.05, 0) is 41.7 Å². The van der Waals surface area contributed by atoms with Gasteiger partial charge in [-0.3, -0.25) is 0 Å². The predicted octanol–water partition coefficient (Wildman–Crippen LogP) is 3.87. The highest BCUT2D eigenvalue weighted by Gasteiger charge is 2.06. The molecule has 0 fully saturated rings. The van der Waals surface area contributed by atoms with Crippen molar-refractivity contribution in [2.75, 3.05) is 6.54 Å². The van der Waals surface area contributed by atoms with Gasteiger partial charge in [-0.25, -0.2) is 9.48 Å². The summed E-state index contributed by atoms with van der Waals surface area (Å²) in [5.74, 6) is 0.419. The van der Waals surface area contributed by atoms with Crippen LogP contribution >= 0.6 is 0 Å². The summed E-state index contributed by atoms with van der Waals surface area (Å²) in [5.41, 5.74) is 3.31. The molecule has 134 valence electrons. The molecule has 1 atom stereocenters. The molecule has 0 saturated heterocycles. The summed E-state index contributed by atoms with van der Waals surface area (Å²) in [6, 6.07) is 20.1. The summed E-state index contributed by atoms with van der Waals surface area (Å²) >= 11 is 0. The maximum atomic E-state index is 12.0. The lowest BCUT2D eigenvalue weighted by molar-refractivity contribution is 0.240. The topological polar surface area (TPSA) is 59.0 Å². The van der Waals surface area contributed by atoms with E-state index in [1.807, 2.05) is 54.7 Å².